The molecule has 0 unspecified atom stereocenters. The molecule has 0 fully saturated rings. The number of nitrogens with zero attached hydrogens (tertiary/aromatic N) is 2. The van der Waals surface area contributed by atoms with Gasteiger partial charge in [-0.05, 0) is 12.8 Å². The highest BCUT2D eigenvalue weighted by molar-refractivity contribution is 5.88. The van der Waals surface area contributed by atoms with Gasteiger partial charge >= 0.3 is 5.97 Å². The van der Waals surface area contributed by atoms with Crippen LogP contribution in [-0.2, 0) is 11.2 Å². The zero-order chi connectivity index (χ0) is 13.4. The van der Waals surface area contributed by atoms with Crippen molar-refractivity contribution in [3.8, 4) is 0 Å². The maximum absolute atomic E-state index is 11.0. The van der Waals surface area contributed by atoms with Crippen LogP contribution in [0.25, 0.3) is 0 Å². The largest absolute Gasteiger partial charge is 0.478 e. The van der Waals surface area contributed by atoms with Gasteiger partial charge in [0.25, 0.3) is 0 Å². The van der Waals surface area contributed by atoms with Gasteiger partial charge in [0.05, 0.1) is 11.3 Å². The third kappa shape index (κ3) is 4.29. The Labute approximate surface area is 106 Å². The van der Waals surface area contributed by atoms with E-state index >= 15 is 0 Å². The molecule has 1 aromatic rings. The van der Waals surface area contributed by atoms with E-state index in [1.54, 1.807) is 7.11 Å². The van der Waals surface area contributed by atoms with Gasteiger partial charge in [0, 0.05) is 26.5 Å². The Morgan fingerprint density at radius 1 is 1.56 bits per heavy atom. The van der Waals surface area contributed by atoms with Gasteiger partial charge in [0.1, 0.15) is 0 Å². The number of carboxylic acid groups (broad SMARTS) is 1. The quantitative estimate of drug-likeness (QED) is 0.684. The number of hydrogen-bond donors (Lipinski definition) is 2. The van der Waals surface area contributed by atoms with Crippen molar-refractivity contribution in [1.82, 2.24) is 9.97 Å². The first-order chi connectivity index (χ1) is 8.69. The number of nitrogens with one attached hydrogen (secondary N) is 1. The molecule has 0 atom stereocenters. The molecule has 0 aromatic carbocycles. The molecule has 0 saturated carbocycles. The average molecular weight is 253 g/mol. The number of aromatic nitrogens is 2. The molecule has 1 heterocycles. The van der Waals surface area contributed by atoms with E-state index < -0.39 is 5.97 Å². The number of aromatic carboxylic acids is 1. The van der Waals surface area contributed by atoms with Gasteiger partial charge in [-0.1, -0.05) is 13.3 Å². The van der Waals surface area contributed by atoms with Gasteiger partial charge < -0.3 is 15.2 Å². The van der Waals surface area contributed by atoms with E-state index in [4.69, 9.17) is 9.84 Å². The third-order valence-electron chi connectivity index (χ3n) is 2.39. The van der Waals surface area contributed by atoms with E-state index in [0.717, 1.165) is 12.8 Å². The van der Waals surface area contributed by atoms with Gasteiger partial charge in [0.15, 0.2) is 0 Å². The van der Waals surface area contributed by atoms with Crippen LogP contribution in [0, 0.1) is 0 Å². The lowest BCUT2D eigenvalue weighted by Gasteiger charge is -2.08. The standard InChI is InChI=1S/C12H19N3O3/c1-3-5-10-9(11(16)17)8-14-12(15-10)13-6-4-7-18-2/h8H,3-7H2,1-2H3,(H,16,17)(H,13,14,15). The van der Waals surface area contributed by atoms with E-state index in [2.05, 4.69) is 15.3 Å². The van der Waals surface area contributed by atoms with E-state index in [-0.39, 0.29) is 5.56 Å². The van der Waals surface area contributed by atoms with Crippen molar-refractivity contribution >= 4 is 11.9 Å². The van der Waals surface area contributed by atoms with Crippen molar-refractivity contribution in [2.75, 3.05) is 25.6 Å². The second-order valence-corrected chi connectivity index (χ2v) is 3.88. The third-order valence-corrected chi connectivity index (χ3v) is 2.39. The lowest BCUT2D eigenvalue weighted by Crippen LogP contribution is -2.12. The highest BCUT2D eigenvalue weighted by Crippen LogP contribution is 2.10. The topological polar surface area (TPSA) is 84.3 Å². The van der Waals surface area contributed by atoms with E-state index in [1.165, 1.54) is 6.20 Å². The van der Waals surface area contributed by atoms with Crippen LogP contribution in [0.2, 0.25) is 0 Å². The summed E-state index contributed by atoms with van der Waals surface area (Å²) in [5.74, 6) is -0.510. The minimum Gasteiger partial charge on any atom is -0.478 e. The molecule has 100 valence electrons. The molecule has 6 nitrogen and oxygen atoms in total. The fraction of sp³-hybridized carbons (Fsp3) is 0.583. The Hall–Kier alpha value is -1.69. The molecule has 0 aliphatic rings. The number of aryl methyl sites for hydroxylation is 1. The van der Waals surface area contributed by atoms with Crippen LogP contribution in [0.5, 0.6) is 0 Å². The summed E-state index contributed by atoms with van der Waals surface area (Å²) < 4.78 is 4.93. The summed E-state index contributed by atoms with van der Waals surface area (Å²) in [7, 11) is 1.65. The summed E-state index contributed by atoms with van der Waals surface area (Å²) in [5, 5.41) is 12.1. The minimum absolute atomic E-state index is 0.180. The van der Waals surface area contributed by atoms with Crippen LogP contribution >= 0.6 is 0 Å². The molecule has 1 aromatic heterocycles. The van der Waals surface area contributed by atoms with Gasteiger partial charge in [-0.2, -0.15) is 0 Å². The van der Waals surface area contributed by atoms with E-state index in [9.17, 15) is 4.79 Å². The summed E-state index contributed by atoms with van der Waals surface area (Å²) in [5.41, 5.74) is 0.758. The molecule has 0 aliphatic carbocycles. The number of hydrogen-bond acceptors (Lipinski definition) is 5. The van der Waals surface area contributed by atoms with Crippen molar-refractivity contribution in [1.29, 1.82) is 0 Å². The Balaban J connectivity index is 2.70. The Morgan fingerprint density at radius 3 is 2.94 bits per heavy atom. The molecule has 6 heteroatoms. The number of carboxylic acids is 1. The Bertz CT molecular complexity index is 396. The summed E-state index contributed by atoms with van der Waals surface area (Å²) in [6.07, 6.45) is 3.69. The molecule has 0 bridgehead atoms. The number of rotatable bonds is 8. The Morgan fingerprint density at radius 2 is 2.33 bits per heavy atom. The van der Waals surface area contributed by atoms with E-state index in [0.29, 0.717) is 31.2 Å². The van der Waals surface area contributed by atoms with Crippen molar-refractivity contribution in [3.05, 3.63) is 17.5 Å². The average Bonchev–Trinajstić information content (AvgIpc) is 2.35. The fourth-order valence-corrected chi connectivity index (χ4v) is 1.53. The van der Waals surface area contributed by atoms with Crippen LogP contribution in [-0.4, -0.2) is 41.3 Å². The zero-order valence-electron chi connectivity index (χ0n) is 10.8. The maximum atomic E-state index is 11.0. The van der Waals surface area contributed by atoms with Crippen LogP contribution < -0.4 is 5.32 Å². The number of methoxy groups -OCH3 is 1. The Kier molecular flexibility index (Phi) is 6.07. The summed E-state index contributed by atoms with van der Waals surface area (Å²) >= 11 is 0. The molecular weight excluding hydrogens is 234 g/mol. The molecule has 1 rings (SSSR count). The van der Waals surface area contributed by atoms with Crippen LogP contribution in [0.15, 0.2) is 6.20 Å². The molecule has 2 N–H and O–H groups in total. The summed E-state index contributed by atoms with van der Waals surface area (Å²) in [4.78, 5) is 19.2. The van der Waals surface area contributed by atoms with Gasteiger partial charge in [0.2, 0.25) is 5.95 Å². The molecule has 0 amide bonds. The van der Waals surface area contributed by atoms with Crippen LogP contribution in [0.4, 0.5) is 5.95 Å². The fourth-order valence-electron chi connectivity index (χ4n) is 1.53. The lowest BCUT2D eigenvalue weighted by atomic mass is 10.1. The maximum Gasteiger partial charge on any atom is 0.339 e. The number of carbonyl (C=O) groups is 1. The second kappa shape index (κ2) is 7.60. The molecular formula is C12H19N3O3. The first-order valence-electron chi connectivity index (χ1n) is 6.01. The SMILES string of the molecule is CCCc1nc(NCCCOC)ncc1C(=O)O. The van der Waals surface area contributed by atoms with Gasteiger partial charge in [-0.15, -0.1) is 0 Å². The highest BCUT2D eigenvalue weighted by Gasteiger charge is 2.12. The van der Waals surface area contributed by atoms with Gasteiger partial charge in [-0.25, -0.2) is 14.8 Å². The van der Waals surface area contributed by atoms with Gasteiger partial charge in [-0.3, -0.25) is 0 Å². The smallest absolute Gasteiger partial charge is 0.339 e. The zero-order valence-corrected chi connectivity index (χ0v) is 10.8. The van der Waals surface area contributed by atoms with Crippen molar-refractivity contribution < 1.29 is 14.6 Å². The van der Waals surface area contributed by atoms with Crippen molar-refractivity contribution in [2.24, 2.45) is 0 Å². The monoisotopic (exact) mass is 253 g/mol. The predicted molar refractivity (Wildman–Crippen MR) is 68.0 cm³/mol. The summed E-state index contributed by atoms with van der Waals surface area (Å²) in [6, 6.07) is 0. The molecule has 0 spiro atoms. The minimum atomic E-state index is -0.982. The lowest BCUT2D eigenvalue weighted by molar-refractivity contribution is 0.0694. The van der Waals surface area contributed by atoms with Crippen LogP contribution in [0.3, 0.4) is 0 Å². The summed E-state index contributed by atoms with van der Waals surface area (Å²) in [6.45, 7) is 3.35. The van der Waals surface area contributed by atoms with Crippen molar-refractivity contribution in [2.45, 2.75) is 26.2 Å². The first kappa shape index (κ1) is 14.4. The highest BCUT2D eigenvalue weighted by atomic mass is 16.5. The second-order valence-electron chi connectivity index (χ2n) is 3.88. The molecule has 0 aliphatic heterocycles. The number of anilines is 1. The first-order valence-corrected chi connectivity index (χ1v) is 6.01. The van der Waals surface area contributed by atoms with E-state index in [1.807, 2.05) is 6.92 Å². The number of ether oxygens (including phenoxy) is 1. The van der Waals surface area contributed by atoms with Crippen molar-refractivity contribution in [3.63, 3.8) is 0 Å². The van der Waals surface area contributed by atoms with Crippen LogP contribution in [0.1, 0.15) is 35.8 Å². The molecule has 0 saturated heterocycles. The molecule has 0 radical (unpaired) electrons. The predicted octanol–water partition coefficient (Wildman–Crippen LogP) is 1.58. The normalized spacial score (nSPS) is 10.3. The molecule has 18 heavy (non-hydrogen) atoms.